The van der Waals surface area contributed by atoms with Crippen molar-refractivity contribution in [1.82, 2.24) is 0 Å². The Morgan fingerprint density at radius 3 is 2.69 bits per heavy atom. The summed E-state index contributed by atoms with van der Waals surface area (Å²) in [5, 5.41) is 3.73. The number of nitrogens with one attached hydrogen (secondary N) is 1. The molecule has 1 fully saturated rings. The number of rotatable bonds is 4. The van der Waals surface area contributed by atoms with Crippen molar-refractivity contribution < 1.29 is 9.53 Å². The Labute approximate surface area is 164 Å². The Hall–Kier alpha value is -1.55. The van der Waals surface area contributed by atoms with Gasteiger partial charge in [-0.1, -0.05) is 42.3 Å². The van der Waals surface area contributed by atoms with Crippen LogP contribution in [0.25, 0.3) is 0 Å². The number of ether oxygens (including phenoxy) is 1. The van der Waals surface area contributed by atoms with Crippen LogP contribution in [-0.4, -0.2) is 18.6 Å². The molecule has 0 aromatic heterocycles. The first-order valence-electron chi connectivity index (χ1n) is 8.89. The molecule has 3 nitrogen and oxygen atoms in total. The number of anilines is 1. The van der Waals surface area contributed by atoms with Crippen LogP contribution in [0, 0.1) is 11.8 Å². The van der Waals surface area contributed by atoms with Crippen molar-refractivity contribution in [2.45, 2.75) is 32.8 Å². The predicted molar refractivity (Wildman–Crippen MR) is 107 cm³/mol. The molecule has 0 aliphatic carbocycles. The number of benzene rings is 2. The van der Waals surface area contributed by atoms with E-state index in [1.165, 1.54) is 12.0 Å². The minimum Gasteiger partial charge on any atom is -0.378 e. The van der Waals surface area contributed by atoms with E-state index in [0.717, 1.165) is 18.7 Å². The minimum absolute atomic E-state index is 0.204. The molecule has 0 radical (unpaired) electrons. The number of halogens is 2. The Kier molecular flexibility index (Phi) is 6.23. The van der Waals surface area contributed by atoms with Crippen LogP contribution >= 0.6 is 23.2 Å². The zero-order chi connectivity index (χ0) is 18.7. The van der Waals surface area contributed by atoms with Gasteiger partial charge in [0.05, 0.1) is 22.8 Å². The molecule has 0 bridgehead atoms. The van der Waals surface area contributed by atoms with Gasteiger partial charge in [0, 0.05) is 11.3 Å². The first kappa shape index (κ1) is 19.2. The van der Waals surface area contributed by atoms with Gasteiger partial charge in [-0.3, -0.25) is 4.79 Å². The number of hydrogen-bond acceptors (Lipinski definition) is 2. The lowest BCUT2D eigenvalue weighted by molar-refractivity contribution is -0.0397. The molecule has 0 saturated carbocycles. The molecule has 5 heteroatoms. The van der Waals surface area contributed by atoms with E-state index in [1.54, 1.807) is 18.2 Å². The summed E-state index contributed by atoms with van der Waals surface area (Å²) in [5.74, 6) is 0.887. The van der Waals surface area contributed by atoms with Crippen molar-refractivity contribution in [3.63, 3.8) is 0 Å². The van der Waals surface area contributed by atoms with Crippen LogP contribution in [0.3, 0.4) is 0 Å². The molecule has 3 rings (SSSR count). The molecule has 0 spiro atoms. The van der Waals surface area contributed by atoms with Crippen LogP contribution in [0.2, 0.25) is 10.0 Å². The average Bonchev–Trinajstić information content (AvgIpc) is 2.61. The standard InChI is InChI=1S/C21H23Cl2NO2/c1-13-8-16(12-26-14(13)2)9-15-4-3-5-18(10-15)24-21(25)17-6-7-19(22)20(23)11-17/h3-7,10-11,13-14,16H,8-9,12H2,1-2H3,(H,24,25). The van der Waals surface area contributed by atoms with Crippen LogP contribution in [0.5, 0.6) is 0 Å². The minimum atomic E-state index is -0.204. The molecule has 1 amide bonds. The average molecular weight is 392 g/mol. The van der Waals surface area contributed by atoms with Gasteiger partial charge < -0.3 is 10.1 Å². The van der Waals surface area contributed by atoms with E-state index in [4.69, 9.17) is 27.9 Å². The van der Waals surface area contributed by atoms with Gasteiger partial charge >= 0.3 is 0 Å². The molecule has 1 saturated heterocycles. The van der Waals surface area contributed by atoms with E-state index in [9.17, 15) is 4.79 Å². The van der Waals surface area contributed by atoms with Gasteiger partial charge in [0.25, 0.3) is 5.91 Å². The summed E-state index contributed by atoms with van der Waals surface area (Å²) in [7, 11) is 0. The van der Waals surface area contributed by atoms with Gasteiger partial charge in [-0.25, -0.2) is 0 Å². The van der Waals surface area contributed by atoms with Crippen LogP contribution in [0.1, 0.15) is 36.2 Å². The molecule has 1 N–H and O–H groups in total. The third-order valence-corrected chi connectivity index (χ3v) is 5.73. The van der Waals surface area contributed by atoms with Crippen molar-refractivity contribution in [1.29, 1.82) is 0 Å². The van der Waals surface area contributed by atoms with Gasteiger partial charge in [0.1, 0.15) is 0 Å². The summed E-state index contributed by atoms with van der Waals surface area (Å²) >= 11 is 11.9. The van der Waals surface area contributed by atoms with Crippen molar-refractivity contribution in [2.75, 3.05) is 11.9 Å². The summed E-state index contributed by atoms with van der Waals surface area (Å²) in [6.45, 7) is 5.18. The number of carbonyl (C=O) groups is 1. The maximum Gasteiger partial charge on any atom is 0.255 e. The fourth-order valence-electron chi connectivity index (χ4n) is 3.33. The van der Waals surface area contributed by atoms with Crippen LogP contribution in [0.4, 0.5) is 5.69 Å². The Morgan fingerprint density at radius 2 is 1.96 bits per heavy atom. The lowest BCUT2D eigenvalue weighted by atomic mass is 9.86. The lowest BCUT2D eigenvalue weighted by Crippen LogP contribution is -2.31. The zero-order valence-electron chi connectivity index (χ0n) is 15.0. The van der Waals surface area contributed by atoms with Gasteiger partial charge in [-0.2, -0.15) is 0 Å². The van der Waals surface area contributed by atoms with Crippen molar-refractivity contribution >= 4 is 34.8 Å². The van der Waals surface area contributed by atoms with Gasteiger partial charge in [-0.15, -0.1) is 0 Å². The van der Waals surface area contributed by atoms with Crippen LogP contribution < -0.4 is 5.32 Å². The molecule has 1 aliphatic heterocycles. The first-order chi connectivity index (χ1) is 12.4. The van der Waals surface area contributed by atoms with E-state index in [2.05, 4.69) is 25.2 Å². The highest BCUT2D eigenvalue weighted by Gasteiger charge is 2.25. The second-order valence-electron chi connectivity index (χ2n) is 7.10. The Bertz CT molecular complexity index is 793. The normalized spacial score (nSPS) is 22.8. The maximum atomic E-state index is 12.4. The fraction of sp³-hybridized carbons (Fsp3) is 0.381. The largest absolute Gasteiger partial charge is 0.378 e. The molecule has 3 atom stereocenters. The number of carbonyl (C=O) groups excluding carboxylic acids is 1. The lowest BCUT2D eigenvalue weighted by Gasteiger charge is -2.32. The highest BCUT2D eigenvalue weighted by Crippen LogP contribution is 2.28. The molecule has 2 aromatic rings. The molecule has 3 unspecified atom stereocenters. The smallest absolute Gasteiger partial charge is 0.255 e. The molecule has 138 valence electrons. The maximum absolute atomic E-state index is 12.4. The Morgan fingerprint density at radius 1 is 1.15 bits per heavy atom. The molecule has 1 heterocycles. The summed E-state index contributed by atoms with van der Waals surface area (Å²) in [6, 6.07) is 12.8. The molecule has 26 heavy (non-hydrogen) atoms. The van der Waals surface area contributed by atoms with Gasteiger partial charge in [0.2, 0.25) is 0 Å². The van der Waals surface area contributed by atoms with Gasteiger partial charge in [0.15, 0.2) is 0 Å². The van der Waals surface area contributed by atoms with E-state index < -0.39 is 0 Å². The van der Waals surface area contributed by atoms with Crippen molar-refractivity contribution in [3.05, 3.63) is 63.6 Å². The molecule has 2 aromatic carbocycles. The van der Waals surface area contributed by atoms with E-state index in [0.29, 0.717) is 33.5 Å². The van der Waals surface area contributed by atoms with Crippen LogP contribution in [0.15, 0.2) is 42.5 Å². The molecular formula is C21H23Cl2NO2. The van der Waals surface area contributed by atoms with Crippen molar-refractivity contribution in [3.8, 4) is 0 Å². The summed E-state index contributed by atoms with van der Waals surface area (Å²) in [4.78, 5) is 12.4. The number of hydrogen-bond donors (Lipinski definition) is 1. The molecular weight excluding hydrogens is 369 g/mol. The van der Waals surface area contributed by atoms with Crippen LogP contribution in [-0.2, 0) is 11.2 Å². The second-order valence-corrected chi connectivity index (χ2v) is 7.92. The monoisotopic (exact) mass is 391 g/mol. The Balaban J connectivity index is 1.65. The van der Waals surface area contributed by atoms with E-state index in [1.807, 2.05) is 18.2 Å². The second kappa shape index (κ2) is 8.43. The summed E-state index contributed by atoms with van der Waals surface area (Å²) in [5.41, 5.74) is 2.46. The molecule has 1 aliphatic rings. The highest BCUT2D eigenvalue weighted by molar-refractivity contribution is 6.42. The SMILES string of the molecule is CC1CC(Cc2cccc(NC(=O)c3ccc(Cl)c(Cl)c3)c2)COC1C. The van der Waals surface area contributed by atoms with Crippen molar-refractivity contribution in [2.24, 2.45) is 11.8 Å². The van der Waals surface area contributed by atoms with E-state index in [-0.39, 0.29) is 5.91 Å². The predicted octanol–water partition coefficient (Wildman–Crippen LogP) is 5.85. The quantitative estimate of drug-likeness (QED) is 0.709. The zero-order valence-corrected chi connectivity index (χ0v) is 16.5. The summed E-state index contributed by atoms with van der Waals surface area (Å²) in [6.07, 6.45) is 2.46. The third kappa shape index (κ3) is 4.79. The highest BCUT2D eigenvalue weighted by atomic mass is 35.5. The summed E-state index contributed by atoms with van der Waals surface area (Å²) < 4.78 is 5.86. The number of amides is 1. The van der Waals surface area contributed by atoms with E-state index >= 15 is 0 Å². The van der Waals surface area contributed by atoms with Gasteiger partial charge in [-0.05, 0) is 67.5 Å². The third-order valence-electron chi connectivity index (χ3n) is 4.99. The topological polar surface area (TPSA) is 38.3 Å². The first-order valence-corrected chi connectivity index (χ1v) is 9.65. The fourth-order valence-corrected chi connectivity index (χ4v) is 3.63.